The molecule has 0 heterocycles. The van der Waals surface area contributed by atoms with Crippen LogP contribution in [0.4, 0.5) is 0 Å². The molecule has 0 aliphatic carbocycles. The van der Waals surface area contributed by atoms with Gasteiger partial charge in [-0.15, -0.1) is 0 Å². The Morgan fingerprint density at radius 3 is 1.43 bits per heavy atom. The van der Waals surface area contributed by atoms with Crippen LogP contribution in [0.2, 0.25) is 0 Å². The van der Waals surface area contributed by atoms with E-state index in [-0.39, 0.29) is 45.7 Å². The van der Waals surface area contributed by atoms with Crippen LogP contribution in [0.1, 0.15) is 20.8 Å². The van der Waals surface area contributed by atoms with E-state index in [2.05, 4.69) is 9.47 Å². The number of carbonyl (C=O) groups excluding carboxylic acids is 4. The van der Waals surface area contributed by atoms with Crippen LogP contribution in [0.25, 0.3) is 0 Å². The zero-order valence-corrected chi connectivity index (χ0v) is 20.3. The van der Waals surface area contributed by atoms with Crippen molar-refractivity contribution in [3.8, 4) is 0 Å². The van der Waals surface area contributed by atoms with Gasteiger partial charge in [-0.1, -0.05) is 0 Å². The lowest BCUT2D eigenvalue weighted by atomic mass is 10.4. The summed E-state index contributed by atoms with van der Waals surface area (Å²) in [5.41, 5.74) is 0. The molecule has 0 aliphatic heterocycles. The average molecular weight is 513 g/mol. The highest BCUT2D eigenvalue weighted by atomic mass is 16.6. The number of rotatable bonds is 21. The topological polar surface area (TPSA) is 183 Å². The van der Waals surface area contributed by atoms with Gasteiger partial charge >= 0.3 is 23.9 Å². The second-order valence-electron chi connectivity index (χ2n) is 6.99. The van der Waals surface area contributed by atoms with Crippen molar-refractivity contribution in [2.24, 2.45) is 0 Å². The number of hydrogen-bond acceptors (Lipinski definition) is 14. The third-order valence-corrected chi connectivity index (χ3v) is 3.68. The van der Waals surface area contributed by atoms with Crippen LogP contribution in [-0.4, -0.2) is 125 Å². The van der Waals surface area contributed by atoms with E-state index >= 15 is 0 Å². The molecule has 0 saturated heterocycles. The summed E-state index contributed by atoms with van der Waals surface area (Å²) in [4.78, 5) is 44.6. The number of hydrogen-bond donors (Lipinski definition) is 2. The number of aliphatic hydroxyl groups is 2. The van der Waals surface area contributed by atoms with Crippen LogP contribution in [0.15, 0.2) is 0 Å². The number of carbonyl (C=O) groups is 4. The summed E-state index contributed by atoms with van der Waals surface area (Å²) < 4.78 is 40.0. The zero-order valence-electron chi connectivity index (χ0n) is 20.3. The van der Waals surface area contributed by atoms with Gasteiger partial charge in [-0.2, -0.15) is 0 Å². The third-order valence-electron chi connectivity index (χ3n) is 3.68. The Balaban J connectivity index is 3.44. The largest absolute Gasteiger partial charge is 0.461 e. The van der Waals surface area contributed by atoms with E-state index in [0.717, 1.165) is 0 Å². The molecule has 0 amide bonds. The van der Waals surface area contributed by atoms with Crippen molar-refractivity contribution in [2.75, 3.05) is 72.7 Å². The quantitative estimate of drug-likeness (QED) is 0.102. The van der Waals surface area contributed by atoms with Crippen LogP contribution in [-0.2, 0) is 57.1 Å². The summed E-state index contributed by atoms with van der Waals surface area (Å²) in [6, 6.07) is 0. The SMILES string of the molecule is CC(COCCOCCOC(=O)COC(=O)C(C)O)OCCOCCOC(=O)COC(=O)C(C)O. The summed E-state index contributed by atoms with van der Waals surface area (Å²) in [7, 11) is 0. The molecule has 204 valence electrons. The molecule has 0 bridgehead atoms. The van der Waals surface area contributed by atoms with Crippen molar-refractivity contribution in [3.05, 3.63) is 0 Å². The summed E-state index contributed by atoms with van der Waals surface area (Å²) >= 11 is 0. The van der Waals surface area contributed by atoms with Gasteiger partial charge in [-0.3, -0.25) is 0 Å². The first-order valence-electron chi connectivity index (χ1n) is 11.0. The van der Waals surface area contributed by atoms with Gasteiger partial charge in [0, 0.05) is 0 Å². The molecule has 0 aromatic carbocycles. The molecule has 0 radical (unpaired) electrons. The molecule has 0 aromatic heterocycles. The molecule has 0 rings (SSSR count). The molecule has 0 fully saturated rings. The maximum atomic E-state index is 11.3. The van der Waals surface area contributed by atoms with Gasteiger partial charge in [0.25, 0.3) is 0 Å². The fourth-order valence-corrected chi connectivity index (χ4v) is 1.94. The molecule has 14 nitrogen and oxygen atoms in total. The maximum absolute atomic E-state index is 11.3. The lowest BCUT2D eigenvalue weighted by Crippen LogP contribution is -2.24. The highest BCUT2D eigenvalue weighted by Crippen LogP contribution is 1.94. The van der Waals surface area contributed by atoms with Crippen LogP contribution in [0.3, 0.4) is 0 Å². The molecule has 3 unspecified atom stereocenters. The standard InChI is InChI=1S/C21H36O14/c1-15(31-9-6-29-8-11-33-19(25)14-35-21(27)17(3)23)12-30-5-4-28-7-10-32-18(24)13-34-20(26)16(2)22/h15-17,22-23H,4-14H2,1-3H3. The van der Waals surface area contributed by atoms with E-state index in [0.29, 0.717) is 19.8 Å². The van der Waals surface area contributed by atoms with E-state index < -0.39 is 49.3 Å². The Hall–Kier alpha value is -2.36. The maximum Gasteiger partial charge on any atom is 0.344 e. The molecule has 0 aliphatic rings. The van der Waals surface area contributed by atoms with Gasteiger partial charge in [-0.25, -0.2) is 19.2 Å². The summed E-state index contributed by atoms with van der Waals surface area (Å²) in [6.07, 6.45) is -2.80. The first-order chi connectivity index (χ1) is 16.6. The molecular formula is C21H36O14. The van der Waals surface area contributed by atoms with E-state index in [1.54, 1.807) is 0 Å². The van der Waals surface area contributed by atoms with Crippen LogP contribution in [0.5, 0.6) is 0 Å². The number of esters is 4. The lowest BCUT2D eigenvalue weighted by molar-refractivity contribution is -0.164. The monoisotopic (exact) mass is 512 g/mol. The second kappa shape index (κ2) is 21.0. The minimum Gasteiger partial charge on any atom is -0.461 e. The van der Waals surface area contributed by atoms with E-state index in [1.807, 2.05) is 6.92 Å². The van der Waals surface area contributed by atoms with E-state index in [1.165, 1.54) is 13.8 Å². The average Bonchev–Trinajstić information content (AvgIpc) is 2.81. The second-order valence-corrected chi connectivity index (χ2v) is 6.99. The van der Waals surface area contributed by atoms with Crippen LogP contribution < -0.4 is 0 Å². The van der Waals surface area contributed by atoms with Crippen molar-refractivity contribution in [2.45, 2.75) is 39.1 Å². The van der Waals surface area contributed by atoms with Gasteiger partial charge in [0.1, 0.15) is 25.4 Å². The number of ether oxygens (including phenoxy) is 8. The lowest BCUT2D eigenvalue weighted by Gasteiger charge is -2.14. The Bertz CT molecular complexity index is 607. The molecule has 14 heteroatoms. The molecule has 3 atom stereocenters. The fourth-order valence-electron chi connectivity index (χ4n) is 1.94. The summed E-state index contributed by atoms with van der Waals surface area (Å²) in [6.45, 7) is 4.87. The Kier molecular flexibility index (Phi) is 19.6. The van der Waals surface area contributed by atoms with Gasteiger partial charge in [0.2, 0.25) is 0 Å². The van der Waals surface area contributed by atoms with Gasteiger partial charge in [0.15, 0.2) is 13.2 Å². The normalized spacial score (nSPS) is 13.4. The minimum absolute atomic E-state index is 0.0137. The van der Waals surface area contributed by atoms with Crippen LogP contribution in [0, 0.1) is 0 Å². The smallest absolute Gasteiger partial charge is 0.344 e. The Morgan fingerprint density at radius 1 is 0.571 bits per heavy atom. The molecule has 2 N–H and O–H groups in total. The molecule has 0 saturated carbocycles. The Labute approximate surface area is 203 Å². The summed E-state index contributed by atoms with van der Waals surface area (Å²) in [5.74, 6) is -3.30. The highest BCUT2D eigenvalue weighted by molar-refractivity contribution is 5.79. The van der Waals surface area contributed by atoms with Gasteiger partial charge < -0.3 is 48.1 Å². The fraction of sp³-hybridized carbons (Fsp3) is 0.810. The predicted octanol–water partition coefficient (Wildman–Crippen LogP) is -1.62. The predicted molar refractivity (Wildman–Crippen MR) is 115 cm³/mol. The van der Waals surface area contributed by atoms with Crippen molar-refractivity contribution in [3.63, 3.8) is 0 Å². The van der Waals surface area contributed by atoms with Gasteiger partial charge in [-0.05, 0) is 20.8 Å². The van der Waals surface area contributed by atoms with Crippen molar-refractivity contribution in [1.82, 2.24) is 0 Å². The third kappa shape index (κ3) is 20.7. The van der Waals surface area contributed by atoms with Crippen molar-refractivity contribution in [1.29, 1.82) is 0 Å². The summed E-state index contributed by atoms with van der Waals surface area (Å²) in [5, 5.41) is 17.8. The minimum atomic E-state index is -1.31. The number of aliphatic hydroxyl groups excluding tert-OH is 2. The Morgan fingerprint density at radius 2 is 0.971 bits per heavy atom. The van der Waals surface area contributed by atoms with Crippen molar-refractivity contribution < 1.29 is 67.3 Å². The molecular weight excluding hydrogens is 476 g/mol. The van der Waals surface area contributed by atoms with Gasteiger partial charge in [0.05, 0.1) is 52.4 Å². The van der Waals surface area contributed by atoms with E-state index in [9.17, 15) is 19.2 Å². The van der Waals surface area contributed by atoms with Crippen molar-refractivity contribution >= 4 is 23.9 Å². The highest BCUT2D eigenvalue weighted by Gasteiger charge is 2.14. The van der Waals surface area contributed by atoms with E-state index in [4.69, 9.17) is 38.6 Å². The first-order valence-corrected chi connectivity index (χ1v) is 11.0. The zero-order chi connectivity index (χ0) is 26.5. The van der Waals surface area contributed by atoms with Crippen LogP contribution >= 0.6 is 0 Å². The molecule has 0 spiro atoms. The first kappa shape index (κ1) is 32.6. The molecule has 35 heavy (non-hydrogen) atoms. The molecule has 0 aromatic rings.